The fourth-order valence-corrected chi connectivity index (χ4v) is 2.23. The first-order valence-electron chi connectivity index (χ1n) is 6.32. The third kappa shape index (κ3) is 3.45. The van der Waals surface area contributed by atoms with Gasteiger partial charge in [-0.2, -0.15) is 0 Å². The molecule has 1 aromatic carbocycles. The quantitative estimate of drug-likeness (QED) is 0.859. The lowest BCUT2D eigenvalue weighted by Gasteiger charge is -2.42. The van der Waals surface area contributed by atoms with Crippen LogP contribution in [0.5, 0.6) is 5.75 Å². The molecule has 3 nitrogen and oxygen atoms in total. The highest BCUT2D eigenvalue weighted by atomic mass is 16.5. The third-order valence-electron chi connectivity index (χ3n) is 3.35. The van der Waals surface area contributed by atoms with Crippen molar-refractivity contribution in [2.75, 3.05) is 32.8 Å². The molecule has 17 heavy (non-hydrogen) atoms. The average Bonchev–Trinajstić information content (AvgIpc) is 2.32. The molecular weight excluding hydrogens is 212 g/mol. The molecule has 0 atom stereocenters. The molecule has 0 spiro atoms. The standard InChI is InChI=1S/C14H22N2O/c1-14(2)12-15-8-9-16(14)10-11-17-13-6-4-3-5-7-13/h3-7,15H,8-12H2,1-2H3. The molecule has 1 aliphatic rings. The van der Waals surface area contributed by atoms with E-state index in [1.807, 2.05) is 30.3 Å². The average molecular weight is 234 g/mol. The zero-order valence-corrected chi connectivity index (χ0v) is 10.8. The van der Waals surface area contributed by atoms with E-state index in [0.29, 0.717) is 0 Å². The van der Waals surface area contributed by atoms with E-state index in [-0.39, 0.29) is 5.54 Å². The van der Waals surface area contributed by atoms with Crippen molar-refractivity contribution < 1.29 is 4.74 Å². The van der Waals surface area contributed by atoms with Gasteiger partial charge in [-0.1, -0.05) is 18.2 Å². The van der Waals surface area contributed by atoms with Gasteiger partial charge in [-0.3, -0.25) is 4.90 Å². The molecule has 94 valence electrons. The van der Waals surface area contributed by atoms with Crippen LogP contribution >= 0.6 is 0 Å². The first-order chi connectivity index (χ1) is 8.18. The van der Waals surface area contributed by atoms with Crippen LogP contribution in [0.2, 0.25) is 0 Å². The largest absolute Gasteiger partial charge is 0.492 e. The Morgan fingerprint density at radius 1 is 1.29 bits per heavy atom. The number of benzene rings is 1. The summed E-state index contributed by atoms with van der Waals surface area (Å²) >= 11 is 0. The van der Waals surface area contributed by atoms with Crippen LogP contribution in [0, 0.1) is 0 Å². The monoisotopic (exact) mass is 234 g/mol. The molecule has 0 saturated carbocycles. The van der Waals surface area contributed by atoms with Crippen molar-refractivity contribution in [2.24, 2.45) is 0 Å². The van der Waals surface area contributed by atoms with Crippen LogP contribution in [0.25, 0.3) is 0 Å². The number of rotatable bonds is 4. The van der Waals surface area contributed by atoms with E-state index in [1.54, 1.807) is 0 Å². The van der Waals surface area contributed by atoms with Crippen LogP contribution in [-0.4, -0.2) is 43.2 Å². The summed E-state index contributed by atoms with van der Waals surface area (Å²) in [6.07, 6.45) is 0. The zero-order chi connectivity index (χ0) is 12.1. The molecule has 1 N–H and O–H groups in total. The summed E-state index contributed by atoms with van der Waals surface area (Å²) < 4.78 is 5.74. The van der Waals surface area contributed by atoms with E-state index in [1.165, 1.54) is 0 Å². The zero-order valence-electron chi connectivity index (χ0n) is 10.8. The highest BCUT2D eigenvalue weighted by molar-refractivity contribution is 5.20. The minimum absolute atomic E-state index is 0.234. The second kappa shape index (κ2) is 5.52. The highest BCUT2D eigenvalue weighted by Gasteiger charge is 2.28. The normalized spacial score (nSPS) is 20.1. The van der Waals surface area contributed by atoms with E-state index in [2.05, 4.69) is 24.1 Å². The Labute approximate surface area is 104 Å². The number of nitrogens with one attached hydrogen (secondary N) is 1. The lowest BCUT2D eigenvalue weighted by molar-refractivity contribution is 0.0744. The van der Waals surface area contributed by atoms with Gasteiger partial charge in [0.2, 0.25) is 0 Å². The number of para-hydroxylation sites is 1. The van der Waals surface area contributed by atoms with Gasteiger partial charge < -0.3 is 10.1 Å². The van der Waals surface area contributed by atoms with Gasteiger partial charge in [0.25, 0.3) is 0 Å². The Balaban J connectivity index is 1.78. The molecule has 1 fully saturated rings. The number of piperazine rings is 1. The molecule has 0 aliphatic carbocycles. The molecule has 1 saturated heterocycles. The van der Waals surface area contributed by atoms with Gasteiger partial charge in [0, 0.05) is 31.7 Å². The molecule has 0 bridgehead atoms. The van der Waals surface area contributed by atoms with E-state index in [4.69, 9.17) is 4.74 Å². The molecule has 1 aliphatic heterocycles. The van der Waals surface area contributed by atoms with Gasteiger partial charge in [0.1, 0.15) is 12.4 Å². The Kier molecular flexibility index (Phi) is 4.02. The van der Waals surface area contributed by atoms with Gasteiger partial charge in [0.05, 0.1) is 0 Å². The summed E-state index contributed by atoms with van der Waals surface area (Å²) in [5.74, 6) is 0.959. The predicted molar refractivity (Wildman–Crippen MR) is 70.5 cm³/mol. The Bertz CT molecular complexity index is 337. The van der Waals surface area contributed by atoms with E-state index in [9.17, 15) is 0 Å². The Morgan fingerprint density at radius 2 is 2.06 bits per heavy atom. The molecule has 0 radical (unpaired) electrons. The molecule has 0 unspecified atom stereocenters. The van der Waals surface area contributed by atoms with Crippen LogP contribution < -0.4 is 10.1 Å². The number of ether oxygens (including phenoxy) is 1. The van der Waals surface area contributed by atoms with Crippen molar-refractivity contribution in [3.05, 3.63) is 30.3 Å². The van der Waals surface area contributed by atoms with Crippen molar-refractivity contribution >= 4 is 0 Å². The van der Waals surface area contributed by atoms with Gasteiger partial charge in [0.15, 0.2) is 0 Å². The van der Waals surface area contributed by atoms with Crippen molar-refractivity contribution in [1.29, 1.82) is 0 Å². The Morgan fingerprint density at radius 3 is 2.76 bits per heavy atom. The van der Waals surface area contributed by atoms with Crippen molar-refractivity contribution in [3.63, 3.8) is 0 Å². The van der Waals surface area contributed by atoms with E-state index >= 15 is 0 Å². The minimum Gasteiger partial charge on any atom is -0.492 e. The summed E-state index contributed by atoms with van der Waals surface area (Å²) in [5, 5.41) is 3.43. The summed E-state index contributed by atoms with van der Waals surface area (Å²) in [6.45, 7) is 9.54. The lowest BCUT2D eigenvalue weighted by Crippen LogP contribution is -2.58. The minimum atomic E-state index is 0.234. The first kappa shape index (κ1) is 12.4. The SMILES string of the molecule is CC1(C)CNCCN1CCOc1ccccc1. The predicted octanol–water partition coefficient (Wildman–Crippen LogP) is 1.75. The van der Waals surface area contributed by atoms with Gasteiger partial charge in [-0.05, 0) is 26.0 Å². The lowest BCUT2D eigenvalue weighted by atomic mass is 10.0. The van der Waals surface area contributed by atoms with Crippen molar-refractivity contribution in [2.45, 2.75) is 19.4 Å². The Hall–Kier alpha value is -1.06. The van der Waals surface area contributed by atoms with Crippen LogP contribution in [0.15, 0.2) is 30.3 Å². The first-order valence-corrected chi connectivity index (χ1v) is 6.32. The van der Waals surface area contributed by atoms with Crippen LogP contribution in [0.4, 0.5) is 0 Å². The van der Waals surface area contributed by atoms with Crippen LogP contribution in [-0.2, 0) is 0 Å². The maximum Gasteiger partial charge on any atom is 0.119 e. The molecule has 0 aromatic heterocycles. The second-order valence-electron chi connectivity index (χ2n) is 5.14. The smallest absolute Gasteiger partial charge is 0.119 e. The maximum absolute atomic E-state index is 5.74. The highest BCUT2D eigenvalue weighted by Crippen LogP contribution is 2.16. The molecular formula is C14H22N2O. The maximum atomic E-state index is 5.74. The van der Waals surface area contributed by atoms with Gasteiger partial charge in [-0.15, -0.1) is 0 Å². The summed E-state index contributed by atoms with van der Waals surface area (Å²) in [4.78, 5) is 2.49. The molecule has 2 rings (SSSR count). The van der Waals surface area contributed by atoms with E-state index in [0.717, 1.165) is 38.5 Å². The van der Waals surface area contributed by atoms with Crippen molar-refractivity contribution in [3.8, 4) is 5.75 Å². The fraction of sp³-hybridized carbons (Fsp3) is 0.571. The van der Waals surface area contributed by atoms with Crippen LogP contribution in [0.1, 0.15) is 13.8 Å². The summed E-state index contributed by atoms with van der Waals surface area (Å²) in [7, 11) is 0. The van der Waals surface area contributed by atoms with Crippen LogP contribution in [0.3, 0.4) is 0 Å². The van der Waals surface area contributed by atoms with Gasteiger partial charge >= 0.3 is 0 Å². The molecule has 1 heterocycles. The van der Waals surface area contributed by atoms with Crippen molar-refractivity contribution in [1.82, 2.24) is 10.2 Å². The second-order valence-corrected chi connectivity index (χ2v) is 5.14. The summed E-state index contributed by atoms with van der Waals surface area (Å²) in [5.41, 5.74) is 0.234. The number of hydrogen-bond donors (Lipinski definition) is 1. The topological polar surface area (TPSA) is 24.5 Å². The molecule has 0 amide bonds. The number of nitrogens with zero attached hydrogens (tertiary/aromatic N) is 1. The fourth-order valence-electron chi connectivity index (χ4n) is 2.23. The molecule has 3 heteroatoms. The summed E-state index contributed by atoms with van der Waals surface area (Å²) in [6, 6.07) is 10.0. The molecule has 1 aromatic rings. The third-order valence-corrected chi connectivity index (χ3v) is 3.35. The number of hydrogen-bond acceptors (Lipinski definition) is 3. The van der Waals surface area contributed by atoms with Gasteiger partial charge in [-0.25, -0.2) is 0 Å². The van der Waals surface area contributed by atoms with E-state index < -0.39 is 0 Å².